The largest absolute Gasteiger partial charge is 1.00 e. The van der Waals surface area contributed by atoms with E-state index in [1.807, 2.05) is 0 Å². The van der Waals surface area contributed by atoms with Crippen molar-refractivity contribution in [1.82, 2.24) is 0 Å². The second-order valence-electron chi connectivity index (χ2n) is 12.1. The summed E-state index contributed by atoms with van der Waals surface area (Å²) in [6.07, 6.45) is 23.9. The molecule has 0 aromatic rings. The number of hydrogen-bond donors (Lipinski definition) is 0. The van der Waals surface area contributed by atoms with Crippen molar-refractivity contribution >= 4 is 7.37 Å². The SMILES string of the molecule is C=CCOCC(COCCCCCCCCCCC)OCP(=O)([O-])COC(COCC=C)COCCCCCCCCCCC.[Na+]. The Morgan fingerprint density at radius 2 is 0.848 bits per heavy atom. The number of hydrogen-bond acceptors (Lipinski definition) is 8. The molecule has 0 amide bonds. The Bertz CT molecular complexity index is 632. The van der Waals surface area contributed by atoms with Crippen molar-refractivity contribution in [1.29, 1.82) is 0 Å². The maximum atomic E-state index is 12.8. The minimum Gasteiger partial charge on any atom is -0.796 e. The molecule has 0 rings (SSSR count). The van der Waals surface area contributed by atoms with E-state index in [-0.39, 0.29) is 56.0 Å². The van der Waals surface area contributed by atoms with Gasteiger partial charge in [0.25, 0.3) is 0 Å². The van der Waals surface area contributed by atoms with Crippen LogP contribution in [0.3, 0.4) is 0 Å². The molecule has 0 aromatic carbocycles. The van der Waals surface area contributed by atoms with Crippen molar-refractivity contribution in [3.63, 3.8) is 0 Å². The number of rotatable bonds is 38. The number of unbranched alkanes of at least 4 members (excludes halogenated alkanes) is 16. The zero-order valence-electron chi connectivity index (χ0n) is 30.2. The molecule has 0 fully saturated rings. The van der Waals surface area contributed by atoms with E-state index in [9.17, 15) is 9.46 Å². The third-order valence-corrected chi connectivity index (χ3v) is 8.57. The van der Waals surface area contributed by atoms with E-state index in [0.717, 1.165) is 25.7 Å². The first-order valence-corrected chi connectivity index (χ1v) is 20.0. The number of ether oxygens (including phenoxy) is 6. The van der Waals surface area contributed by atoms with E-state index >= 15 is 0 Å². The molecule has 8 nitrogen and oxygen atoms in total. The Morgan fingerprint density at radius 1 is 0.543 bits per heavy atom. The summed E-state index contributed by atoms with van der Waals surface area (Å²) in [5.74, 6) is 0. The van der Waals surface area contributed by atoms with E-state index in [1.54, 1.807) is 12.2 Å². The van der Waals surface area contributed by atoms with Gasteiger partial charge in [0.1, 0.15) is 12.2 Å². The molecular weight excluding hydrogens is 614 g/mol. The van der Waals surface area contributed by atoms with Crippen LogP contribution in [0.15, 0.2) is 25.3 Å². The average Bonchev–Trinajstić information content (AvgIpc) is 3.03. The molecule has 2 unspecified atom stereocenters. The smallest absolute Gasteiger partial charge is 0.796 e. The van der Waals surface area contributed by atoms with Gasteiger partial charge in [-0.15, -0.1) is 13.2 Å². The van der Waals surface area contributed by atoms with Crippen LogP contribution < -0.4 is 34.5 Å². The molecule has 0 spiro atoms. The standard InChI is InChI=1S/C36H71O8P.Na/c1-5-9-11-13-15-17-19-21-23-27-41-31-35(29-39-25-7-3)43-33-45(37,38)34-44-36(30-40-26-8-4)32-42-28-24-22-20-18-16-14-12-10-6-2;/h7-8,35-36H,3-6,9-34H2,1-2H3,(H,37,38);/q;+1/p-1. The minimum absolute atomic E-state index is 0. The Labute approximate surface area is 305 Å². The van der Waals surface area contributed by atoms with E-state index in [4.69, 9.17) is 28.4 Å². The summed E-state index contributed by atoms with van der Waals surface area (Å²) in [7, 11) is -3.97. The van der Waals surface area contributed by atoms with Crippen molar-refractivity contribution in [2.45, 2.75) is 142 Å². The van der Waals surface area contributed by atoms with Crippen LogP contribution in [0, 0.1) is 0 Å². The van der Waals surface area contributed by atoms with Crippen molar-refractivity contribution in [3.8, 4) is 0 Å². The van der Waals surface area contributed by atoms with Gasteiger partial charge < -0.3 is 37.9 Å². The molecular formula is C36H70NaO8P. The molecule has 0 aromatic heterocycles. The van der Waals surface area contributed by atoms with Crippen LogP contribution >= 0.6 is 7.37 Å². The molecule has 0 aliphatic heterocycles. The van der Waals surface area contributed by atoms with E-state index in [1.165, 1.54) is 89.9 Å². The average molecular weight is 685 g/mol. The summed E-state index contributed by atoms with van der Waals surface area (Å²) in [6.45, 7) is 14.8. The zero-order valence-corrected chi connectivity index (χ0v) is 33.1. The van der Waals surface area contributed by atoms with Crippen LogP contribution in [0.2, 0.25) is 0 Å². The van der Waals surface area contributed by atoms with Crippen LogP contribution in [0.1, 0.15) is 129 Å². The molecule has 0 heterocycles. The topological polar surface area (TPSA) is 95.5 Å². The van der Waals surface area contributed by atoms with Crippen molar-refractivity contribution < 1.29 is 67.4 Å². The van der Waals surface area contributed by atoms with Gasteiger partial charge in [-0.1, -0.05) is 129 Å². The monoisotopic (exact) mass is 684 g/mol. The molecule has 0 aliphatic carbocycles. The molecule has 0 bridgehead atoms. The first kappa shape index (κ1) is 48.5. The molecule has 46 heavy (non-hydrogen) atoms. The predicted molar refractivity (Wildman–Crippen MR) is 185 cm³/mol. The third kappa shape index (κ3) is 35.7. The van der Waals surface area contributed by atoms with Gasteiger partial charge in [0, 0.05) is 13.2 Å². The quantitative estimate of drug-likeness (QED) is 0.0348. The Balaban J connectivity index is 0. The molecule has 0 saturated carbocycles. The molecule has 0 N–H and O–H groups in total. The predicted octanol–water partition coefficient (Wildman–Crippen LogP) is 5.81. The Morgan fingerprint density at radius 3 is 1.17 bits per heavy atom. The van der Waals surface area contributed by atoms with Gasteiger partial charge in [-0.05, 0) is 12.8 Å². The third-order valence-electron chi connectivity index (χ3n) is 7.48. The second-order valence-corrected chi connectivity index (χ2v) is 14.3. The summed E-state index contributed by atoms with van der Waals surface area (Å²) in [5, 5.41) is 0. The summed E-state index contributed by atoms with van der Waals surface area (Å²) in [5.41, 5.74) is 0. The fourth-order valence-electron chi connectivity index (χ4n) is 4.79. The van der Waals surface area contributed by atoms with Gasteiger partial charge in [0.2, 0.25) is 0 Å². The van der Waals surface area contributed by atoms with Crippen molar-refractivity contribution in [2.24, 2.45) is 0 Å². The Hall–Kier alpha value is 0.430. The summed E-state index contributed by atoms with van der Waals surface area (Å²) in [6, 6.07) is 0. The first-order chi connectivity index (χ1) is 22.0. The van der Waals surface area contributed by atoms with E-state index in [2.05, 4.69) is 27.0 Å². The molecule has 0 radical (unpaired) electrons. The van der Waals surface area contributed by atoms with Crippen LogP contribution in [0.5, 0.6) is 0 Å². The maximum absolute atomic E-state index is 12.8. The van der Waals surface area contributed by atoms with Crippen LogP contribution in [0.25, 0.3) is 0 Å². The fourth-order valence-corrected chi connectivity index (χ4v) is 5.74. The van der Waals surface area contributed by atoms with Gasteiger partial charge in [-0.2, -0.15) is 0 Å². The fraction of sp³-hybridized carbons (Fsp3) is 0.889. The van der Waals surface area contributed by atoms with E-state index < -0.39 is 32.3 Å². The van der Waals surface area contributed by atoms with Crippen LogP contribution in [-0.2, 0) is 33.0 Å². The van der Waals surface area contributed by atoms with Crippen LogP contribution in [0.4, 0.5) is 0 Å². The maximum Gasteiger partial charge on any atom is 1.00 e. The van der Waals surface area contributed by atoms with Crippen molar-refractivity contribution in [2.75, 3.05) is 65.6 Å². The van der Waals surface area contributed by atoms with Gasteiger partial charge in [0.15, 0.2) is 0 Å². The first-order valence-electron chi connectivity index (χ1n) is 18.0. The Kier molecular flexibility index (Phi) is 40.3. The van der Waals surface area contributed by atoms with Crippen LogP contribution in [-0.4, -0.2) is 77.8 Å². The van der Waals surface area contributed by atoms with Gasteiger partial charge in [0.05, 0.1) is 59.7 Å². The molecule has 10 heteroatoms. The molecule has 0 aliphatic rings. The summed E-state index contributed by atoms with van der Waals surface area (Å²) < 4.78 is 47.0. The van der Waals surface area contributed by atoms with E-state index in [0.29, 0.717) is 26.4 Å². The molecule has 2 atom stereocenters. The summed E-state index contributed by atoms with van der Waals surface area (Å²) >= 11 is 0. The van der Waals surface area contributed by atoms with Crippen molar-refractivity contribution in [3.05, 3.63) is 25.3 Å². The van der Waals surface area contributed by atoms with Gasteiger partial charge in [-0.3, -0.25) is 0 Å². The summed E-state index contributed by atoms with van der Waals surface area (Å²) in [4.78, 5) is 12.8. The van der Waals surface area contributed by atoms with Gasteiger partial charge in [-0.25, -0.2) is 0 Å². The molecule has 268 valence electrons. The minimum atomic E-state index is -3.97. The normalized spacial score (nSPS) is 14.0. The second kappa shape index (κ2) is 38.2. The van der Waals surface area contributed by atoms with Gasteiger partial charge >= 0.3 is 29.6 Å². The molecule has 0 saturated heterocycles. The zero-order chi connectivity index (χ0) is 33.1.